The molecule has 0 spiro atoms. The van der Waals surface area contributed by atoms with Crippen molar-refractivity contribution in [3.8, 4) is 11.6 Å². The van der Waals surface area contributed by atoms with Crippen LogP contribution in [0.2, 0.25) is 0 Å². The minimum absolute atomic E-state index is 0.0676. The Bertz CT molecular complexity index is 778. The van der Waals surface area contributed by atoms with E-state index >= 15 is 0 Å². The van der Waals surface area contributed by atoms with Gasteiger partial charge in [0.05, 0.1) is 44.3 Å². The Hall–Kier alpha value is -2.75. The molecule has 2 aromatic rings. The molecule has 0 bridgehead atoms. The molecule has 2 aromatic heterocycles. The van der Waals surface area contributed by atoms with Crippen LogP contribution >= 0.6 is 0 Å². The first kappa shape index (κ1) is 19.0. The number of hydrogen-bond acceptors (Lipinski definition) is 9. The van der Waals surface area contributed by atoms with Crippen molar-refractivity contribution in [1.82, 2.24) is 9.97 Å². The van der Waals surface area contributed by atoms with E-state index < -0.39 is 12.3 Å². The highest BCUT2D eigenvalue weighted by Crippen LogP contribution is 2.33. The normalized spacial score (nSPS) is 14.1. The quantitative estimate of drug-likeness (QED) is 0.681. The molecular weight excluding hydrogens is 356 g/mol. The van der Waals surface area contributed by atoms with E-state index in [1.807, 2.05) is 0 Å². The zero-order valence-electron chi connectivity index (χ0n) is 14.8. The number of carbonyl (C=O) groups is 1. The highest BCUT2D eigenvalue weighted by atomic mass is 16.7. The van der Waals surface area contributed by atoms with Crippen LogP contribution in [0, 0.1) is 0 Å². The van der Waals surface area contributed by atoms with Crippen LogP contribution in [0.1, 0.15) is 27.8 Å². The number of nitrogens with zero attached hydrogens (tertiary/aromatic N) is 2. The Morgan fingerprint density at radius 1 is 1.26 bits per heavy atom. The average Bonchev–Trinajstić information content (AvgIpc) is 3.25. The number of aliphatic hydroxyl groups excluding tert-OH is 1. The SMILES string of the molecule is COc1cc(C2OCCO2)c(OCc2cncc(C(=O)OCCO)c2)cn1. The first-order chi connectivity index (χ1) is 13.2. The van der Waals surface area contributed by atoms with Crippen LogP contribution in [0.5, 0.6) is 11.6 Å². The van der Waals surface area contributed by atoms with Gasteiger partial charge in [-0.15, -0.1) is 0 Å². The third-order valence-electron chi connectivity index (χ3n) is 3.71. The van der Waals surface area contributed by atoms with Crippen molar-refractivity contribution in [3.05, 3.63) is 47.4 Å². The molecule has 1 fully saturated rings. The average molecular weight is 376 g/mol. The molecule has 0 atom stereocenters. The van der Waals surface area contributed by atoms with Gasteiger partial charge in [-0.05, 0) is 6.07 Å². The lowest BCUT2D eigenvalue weighted by Gasteiger charge is -2.16. The van der Waals surface area contributed by atoms with E-state index in [1.165, 1.54) is 19.5 Å². The van der Waals surface area contributed by atoms with E-state index in [2.05, 4.69) is 9.97 Å². The molecule has 0 saturated carbocycles. The van der Waals surface area contributed by atoms with Crippen molar-refractivity contribution in [1.29, 1.82) is 0 Å². The molecule has 9 nitrogen and oxygen atoms in total. The fraction of sp³-hybridized carbons (Fsp3) is 0.389. The van der Waals surface area contributed by atoms with Crippen molar-refractivity contribution in [2.75, 3.05) is 33.5 Å². The van der Waals surface area contributed by atoms with E-state index in [-0.39, 0.29) is 25.4 Å². The lowest BCUT2D eigenvalue weighted by molar-refractivity contribution is -0.0461. The van der Waals surface area contributed by atoms with Crippen LogP contribution in [-0.2, 0) is 20.8 Å². The number of esters is 1. The molecule has 1 aliphatic rings. The number of carbonyl (C=O) groups excluding carboxylic acids is 1. The summed E-state index contributed by atoms with van der Waals surface area (Å²) in [6, 6.07) is 3.32. The molecular formula is C18H20N2O7. The van der Waals surface area contributed by atoms with Gasteiger partial charge in [0, 0.05) is 24.0 Å². The summed E-state index contributed by atoms with van der Waals surface area (Å²) >= 11 is 0. The lowest BCUT2D eigenvalue weighted by atomic mass is 10.2. The highest BCUT2D eigenvalue weighted by molar-refractivity contribution is 5.89. The second-order valence-electron chi connectivity index (χ2n) is 5.57. The summed E-state index contributed by atoms with van der Waals surface area (Å²) in [5, 5.41) is 8.73. The number of aliphatic hydroxyl groups is 1. The summed E-state index contributed by atoms with van der Waals surface area (Å²) in [6.07, 6.45) is 3.97. The van der Waals surface area contributed by atoms with Gasteiger partial charge in [-0.1, -0.05) is 0 Å². The van der Waals surface area contributed by atoms with Gasteiger partial charge in [0.2, 0.25) is 5.88 Å². The molecule has 1 saturated heterocycles. The maximum atomic E-state index is 11.9. The van der Waals surface area contributed by atoms with Crippen molar-refractivity contribution in [2.45, 2.75) is 12.9 Å². The Morgan fingerprint density at radius 3 is 2.81 bits per heavy atom. The molecule has 1 N–H and O–H groups in total. The maximum absolute atomic E-state index is 11.9. The predicted molar refractivity (Wildman–Crippen MR) is 91.4 cm³/mol. The maximum Gasteiger partial charge on any atom is 0.339 e. The molecule has 144 valence electrons. The predicted octanol–water partition coefficient (Wildman–Crippen LogP) is 1.26. The Morgan fingerprint density at radius 2 is 2.07 bits per heavy atom. The summed E-state index contributed by atoms with van der Waals surface area (Å²) in [6.45, 7) is 0.845. The zero-order chi connectivity index (χ0) is 19.1. The number of pyridine rings is 2. The third kappa shape index (κ3) is 4.91. The van der Waals surface area contributed by atoms with Crippen LogP contribution < -0.4 is 9.47 Å². The molecule has 1 aliphatic heterocycles. The minimum Gasteiger partial charge on any atom is -0.487 e. The number of hydrogen-bond donors (Lipinski definition) is 1. The third-order valence-corrected chi connectivity index (χ3v) is 3.71. The van der Waals surface area contributed by atoms with Gasteiger partial charge in [-0.25, -0.2) is 9.78 Å². The van der Waals surface area contributed by atoms with Crippen LogP contribution in [0.15, 0.2) is 30.7 Å². The molecule has 0 unspecified atom stereocenters. The molecule has 27 heavy (non-hydrogen) atoms. The highest BCUT2D eigenvalue weighted by Gasteiger charge is 2.23. The molecule has 0 aromatic carbocycles. The second-order valence-corrected chi connectivity index (χ2v) is 5.57. The first-order valence-corrected chi connectivity index (χ1v) is 8.33. The molecule has 0 radical (unpaired) electrons. The molecule has 3 rings (SSSR count). The van der Waals surface area contributed by atoms with Crippen LogP contribution in [0.25, 0.3) is 0 Å². The standard InChI is InChI=1S/C18H20N2O7/c1-23-16-7-14(18-25-4-5-26-18)15(10-20-16)27-11-12-6-13(9-19-8-12)17(22)24-3-2-21/h6-10,18,21H,2-5,11H2,1H3. The van der Waals surface area contributed by atoms with Gasteiger partial charge in [0.25, 0.3) is 0 Å². The van der Waals surface area contributed by atoms with E-state index in [0.717, 1.165) is 0 Å². The second kappa shape index (κ2) is 9.26. The van der Waals surface area contributed by atoms with Gasteiger partial charge in [0.1, 0.15) is 19.0 Å². The number of methoxy groups -OCH3 is 1. The number of aromatic nitrogens is 2. The molecule has 9 heteroatoms. The largest absolute Gasteiger partial charge is 0.487 e. The fourth-order valence-electron chi connectivity index (χ4n) is 2.45. The van der Waals surface area contributed by atoms with Crippen LogP contribution in [-0.4, -0.2) is 54.6 Å². The van der Waals surface area contributed by atoms with Gasteiger partial charge in [-0.2, -0.15) is 0 Å². The van der Waals surface area contributed by atoms with Crippen molar-refractivity contribution < 1.29 is 33.6 Å². The van der Waals surface area contributed by atoms with Gasteiger partial charge in [-0.3, -0.25) is 4.98 Å². The van der Waals surface area contributed by atoms with Gasteiger partial charge < -0.3 is 28.8 Å². The molecule has 0 amide bonds. The topological polar surface area (TPSA) is 109 Å². The van der Waals surface area contributed by atoms with Crippen LogP contribution in [0.3, 0.4) is 0 Å². The summed E-state index contributed by atoms with van der Waals surface area (Å²) in [4.78, 5) is 20.0. The van der Waals surface area contributed by atoms with E-state index in [9.17, 15) is 4.79 Å². The fourth-order valence-corrected chi connectivity index (χ4v) is 2.45. The lowest BCUT2D eigenvalue weighted by Crippen LogP contribution is -2.10. The Balaban J connectivity index is 1.72. The Labute approximate surface area is 155 Å². The smallest absolute Gasteiger partial charge is 0.339 e. The zero-order valence-corrected chi connectivity index (χ0v) is 14.8. The minimum atomic E-state index is -0.557. The number of rotatable bonds is 8. The summed E-state index contributed by atoms with van der Waals surface area (Å²) in [5.41, 5.74) is 1.62. The first-order valence-electron chi connectivity index (χ1n) is 8.33. The van der Waals surface area contributed by atoms with Crippen LogP contribution in [0.4, 0.5) is 0 Å². The van der Waals surface area contributed by atoms with E-state index in [4.69, 9.17) is 28.8 Å². The van der Waals surface area contributed by atoms with Crippen molar-refractivity contribution >= 4 is 5.97 Å². The number of ether oxygens (including phenoxy) is 5. The summed E-state index contributed by atoms with van der Waals surface area (Å²) in [5.74, 6) is 0.348. The monoisotopic (exact) mass is 376 g/mol. The van der Waals surface area contributed by atoms with E-state index in [1.54, 1.807) is 18.3 Å². The van der Waals surface area contributed by atoms with Crippen molar-refractivity contribution in [3.63, 3.8) is 0 Å². The summed E-state index contributed by atoms with van der Waals surface area (Å²) < 4.78 is 27.0. The van der Waals surface area contributed by atoms with Gasteiger partial charge >= 0.3 is 5.97 Å². The summed E-state index contributed by atoms with van der Waals surface area (Å²) in [7, 11) is 1.52. The molecule has 3 heterocycles. The van der Waals surface area contributed by atoms with Crippen molar-refractivity contribution in [2.24, 2.45) is 0 Å². The van der Waals surface area contributed by atoms with Gasteiger partial charge in [0.15, 0.2) is 6.29 Å². The molecule has 0 aliphatic carbocycles. The van der Waals surface area contributed by atoms with E-state index in [0.29, 0.717) is 36.0 Å². The Kier molecular flexibility index (Phi) is 6.53.